The van der Waals surface area contributed by atoms with Crippen molar-refractivity contribution in [2.75, 3.05) is 44.3 Å². The van der Waals surface area contributed by atoms with Gasteiger partial charge in [-0.3, -0.25) is 14.6 Å². The van der Waals surface area contributed by atoms with Gasteiger partial charge >= 0.3 is 0 Å². The topological polar surface area (TPSA) is 45.7 Å². The maximum atomic E-state index is 13.2. The maximum absolute atomic E-state index is 13.2. The fraction of sp³-hybridized carbons (Fsp3) is 0.455. The molecule has 168 valence electrons. The van der Waals surface area contributed by atoms with Gasteiger partial charge in [0.1, 0.15) is 0 Å². The van der Waals surface area contributed by atoms with Crippen molar-refractivity contribution in [3.05, 3.63) is 44.6 Å². The normalized spacial score (nSPS) is 14.5. The van der Waals surface area contributed by atoms with Gasteiger partial charge in [0.2, 0.25) is 5.91 Å². The fourth-order valence-electron chi connectivity index (χ4n) is 3.58. The smallest absolute Gasteiger partial charge is 0.234 e. The van der Waals surface area contributed by atoms with Crippen molar-refractivity contribution in [3.63, 3.8) is 0 Å². The number of morpholine rings is 1. The van der Waals surface area contributed by atoms with E-state index in [9.17, 15) is 4.79 Å². The minimum absolute atomic E-state index is 0. The summed E-state index contributed by atoms with van der Waals surface area (Å²) in [5, 5.41) is 0.782. The van der Waals surface area contributed by atoms with Crippen LogP contribution >= 0.6 is 46.7 Å². The van der Waals surface area contributed by atoms with Crippen molar-refractivity contribution < 1.29 is 9.53 Å². The number of hydrogen-bond donors (Lipinski definition) is 0. The third-order valence-electron chi connectivity index (χ3n) is 5.44. The highest BCUT2D eigenvalue weighted by atomic mass is 35.5. The highest BCUT2D eigenvalue weighted by molar-refractivity contribution is 7.22. The second-order valence-corrected chi connectivity index (χ2v) is 10.4. The lowest BCUT2D eigenvalue weighted by molar-refractivity contribution is -0.118. The molecular weight excluding hydrogens is 473 g/mol. The molecule has 1 amide bonds. The number of hydrogen-bond acceptors (Lipinski definition) is 6. The summed E-state index contributed by atoms with van der Waals surface area (Å²) in [6.45, 7) is 9.33. The predicted octanol–water partition coefficient (Wildman–Crippen LogP) is 5.35. The number of carbonyl (C=O) groups excluding carboxylic acids is 1. The maximum Gasteiger partial charge on any atom is 0.234 e. The van der Waals surface area contributed by atoms with Crippen molar-refractivity contribution in [2.24, 2.45) is 0 Å². The van der Waals surface area contributed by atoms with E-state index in [0.29, 0.717) is 17.3 Å². The summed E-state index contributed by atoms with van der Waals surface area (Å²) in [4.78, 5) is 23.3. The van der Waals surface area contributed by atoms with E-state index in [1.807, 2.05) is 17.0 Å². The summed E-state index contributed by atoms with van der Waals surface area (Å²) in [5.74, 6) is 0.0722. The molecule has 1 aliphatic rings. The third kappa shape index (κ3) is 6.18. The van der Waals surface area contributed by atoms with E-state index in [4.69, 9.17) is 21.3 Å². The van der Waals surface area contributed by atoms with Gasteiger partial charge in [-0.2, -0.15) is 0 Å². The Morgan fingerprint density at radius 1 is 1.19 bits per heavy atom. The number of rotatable bonds is 7. The third-order valence-corrected chi connectivity index (χ3v) is 7.71. The van der Waals surface area contributed by atoms with E-state index in [2.05, 4.69) is 30.9 Å². The number of nitrogens with zero attached hydrogens (tertiary/aromatic N) is 3. The van der Waals surface area contributed by atoms with Gasteiger partial charge in [0.15, 0.2) is 5.13 Å². The van der Waals surface area contributed by atoms with Gasteiger partial charge in [-0.15, -0.1) is 23.7 Å². The lowest BCUT2D eigenvalue weighted by atomic mass is 10.1. The number of ether oxygens (including phenoxy) is 1. The minimum atomic E-state index is 0. The van der Waals surface area contributed by atoms with E-state index >= 15 is 0 Å². The summed E-state index contributed by atoms with van der Waals surface area (Å²) in [6, 6.07) is 8.06. The molecule has 0 radical (unpaired) electrons. The first-order valence-corrected chi connectivity index (χ1v) is 12.2. The molecule has 2 aromatic heterocycles. The largest absolute Gasteiger partial charge is 0.379 e. The molecule has 1 fully saturated rings. The summed E-state index contributed by atoms with van der Waals surface area (Å²) < 4.78 is 7.27. The molecule has 0 saturated carbocycles. The molecule has 0 spiro atoms. The van der Waals surface area contributed by atoms with Crippen molar-refractivity contribution in [1.82, 2.24) is 9.88 Å². The number of anilines is 1. The van der Waals surface area contributed by atoms with Crippen LogP contribution in [0.4, 0.5) is 5.13 Å². The van der Waals surface area contributed by atoms with Crippen LogP contribution in [0.15, 0.2) is 24.3 Å². The molecule has 1 saturated heterocycles. The lowest BCUT2D eigenvalue weighted by Crippen LogP contribution is -2.39. The second-order valence-electron chi connectivity index (χ2n) is 7.64. The summed E-state index contributed by atoms with van der Waals surface area (Å²) in [7, 11) is 0. The number of amides is 1. The number of fused-ring (bicyclic) bond motifs is 1. The molecule has 3 aromatic rings. The molecule has 0 aliphatic carbocycles. The second kappa shape index (κ2) is 11.1. The van der Waals surface area contributed by atoms with E-state index in [1.54, 1.807) is 11.3 Å². The molecule has 5 nitrogen and oxygen atoms in total. The van der Waals surface area contributed by atoms with Gasteiger partial charge in [0.25, 0.3) is 0 Å². The average Bonchev–Trinajstić information content (AvgIpc) is 3.31. The predicted molar refractivity (Wildman–Crippen MR) is 134 cm³/mol. The van der Waals surface area contributed by atoms with Crippen molar-refractivity contribution in [1.29, 1.82) is 0 Å². The zero-order valence-corrected chi connectivity index (χ0v) is 20.9. The zero-order valence-electron chi connectivity index (χ0n) is 17.7. The quantitative estimate of drug-likeness (QED) is 0.439. The van der Waals surface area contributed by atoms with E-state index in [1.165, 1.54) is 22.5 Å². The zero-order chi connectivity index (χ0) is 21.1. The van der Waals surface area contributed by atoms with Gasteiger partial charge < -0.3 is 4.74 Å². The number of thiophene rings is 1. The average molecular weight is 501 g/mol. The molecule has 1 aliphatic heterocycles. The van der Waals surface area contributed by atoms with Gasteiger partial charge in [0, 0.05) is 31.1 Å². The Bertz CT molecular complexity index is 992. The molecule has 0 atom stereocenters. The Kier molecular flexibility index (Phi) is 8.73. The van der Waals surface area contributed by atoms with Crippen LogP contribution in [0.25, 0.3) is 10.2 Å². The van der Waals surface area contributed by atoms with E-state index < -0.39 is 0 Å². The highest BCUT2D eigenvalue weighted by Gasteiger charge is 2.21. The Morgan fingerprint density at radius 3 is 2.65 bits per heavy atom. The lowest BCUT2D eigenvalue weighted by Gasteiger charge is -2.27. The Labute approximate surface area is 202 Å². The molecule has 0 bridgehead atoms. The first kappa shape index (κ1) is 24.4. The van der Waals surface area contributed by atoms with E-state index in [0.717, 1.165) is 59.5 Å². The number of aryl methyl sites for hydroxylation is 2. The Hall–Kier alpha value is -1.22. The Balaban J connectivity index is 0.00000272. The van der Waals surface area contributed by atoms with Crippen molar-refractivity contribution >= 4 is 67.9 Å². The number of thiazole rings is 1. The van der Waals surface area contributed by atoms with Crippen LogP contribution < -0.4 is 4.90 Å². The van der Waals surface area contributed by atoms with Crippen molar-refractivity contribution in [3.8, 4) is 0 Å². The molecular formula is C22H27Cl2N3O2S2. The monoisotopic (exact) mass is 499 g/mol. The molecule has 3 heterocycles. The Morgan fingerprint density at radius 2 is 1.94 bits per heavy atom. The van der Waals surface area contributed by atoms with Crippen molar-refractivity contribution in [2.45, 2.75) is 26.7 Å². The van der Waals surface area contributed by atoms with Crippen LogP contribution in [0, 0.1) is 13.8 Å². The SMILES string of the molecule is Cc1cc2nc(N(CCCN3CCOCC3)C(=O)Cc3ccc(Cl)s3)sc2cc1C.Cl. The molecule has 9 heteroatoms. The van der Waals surface area contributed by atoms with Crippen LogP contribution in [0.3, 0.4) is 0 Å². The number of aromatic nitrogens is 1. The van der Waals surface area contributed by atoms with Crippen LogP contribution in [0.5, 0.6) is 0 Å². The van der Waals surface area contributed by atoms with Gasteiger partial charge in [0.05, 0.1) is 34.2 Å². The molecule has 0 unspecified atom stereocenters. The van der Waals surface area contributed by atoms with Gasteiger partial charge in [-0.1, -0.05) is 22.9 Å². The first-order chi connectivity index (χ1) is 14.5. The van der Waals surface area contributed by atoms with Crippen LogP contribution in [-0.2, 0) is 16.0 Å². The molecule has 1 aromatic carbocycles. The van der Waals surface area contributed by atoms with Gasteiger partial charge in [-0.25, -0.2) is 4.98 Å². The number of carbonyl (C=O) groups is 1. The highest BCUT2D eigenvalue weighted by Crippen LogP contribution is 2.32. The molecule has 31 heavy (non-hydrogen) atoms. The fourth-order valence-corrected chi connectivity index (χ4v) is 5.75. The minimum Gasteiger partial charge on any atom is -0.379 e. The van der Waals surface area contributed by atoms with Crippen LogP contribution in [-0.4, -0.2) is 55.2 Å². The number of halogens is 2. The van der Waals surface area contributed by atoms with Gasteiger partial charge in [-0.05, 0) is 55.7 Å². The summed E-state index contributed by atoms with van der Waals surface area (Å²) >= 11 is 9.12. The van der Waals surface area contributed by atoms with E-state index in [-0.39, 0.29) is 18.3 Å². The number of benzene rings is 1. The first-order valence-electron chi connectivity index (χ1n) is 10.2. The standard InChI is InChI=1S/C22H26ClN3O2S2.ClH/c1-15-12-18-19(13-16(15)2)30-22(24-18)26(7-3-6-25-8-10-28-11-9-25)21(27)14-17-4-5-20(23)29-17;/h4-5,12-13H,3,6-11,14H2,1-2H3;1H. The van der Waals surface area contributed by atoms with Crippen LogP contribution in [0.2, 0.25) is 4.34 Å². The summed E-state index contributed by atoms with van der Waals surface area (Å²) in [6.07, 6.45) is 1.26. The summed E-state index contributed by atoms with van der Waals surface area (Å²) in [5.41, 5.74) is 3.43. The molecule has 4 rings (SSSR count). The molecule has 0 N–H and O–H groups in total. The van der Waals surface area contributed by atoms with Crippen LogP contribution in [0.1, 0.15) is 22.4 Å².